The second kappa shape index (κ2) is 9.42. The predicted octanol–water partition coefficient (Wildman–Crippen LogP) is 2.66. The Kier molecular flexibility index (Phi) is 6.99. The highest BCUT2D eigenvalue weighted by Crippen LogP contribution is 2.27. The molecule has 0 aliphatic heterocycles. The molecule has 0 atom stereocenters. The van der Waals surface area contributed by atoms with Crippen molar-refractivity contribution < 1.29 is 23.9 Å². The first-order chi connectivity index (χ1) is 12.9. The number of nitrogens with one attached hydrogen (secondary N) is 1. The van der Waals surface area contributed by atoms with E-state index in [9.17, 15) is 14.9 Å². The number of rotatable bonds is 9. The molecule has 8 heteroatoms. The zero-order valence-electron chi connectivity index (χ0n) is 15.5. The molecule has 1 amide bonds. The minimum Gasteiger partial charge on any atom is -0.493 e. The second-order valence-corrected chi connectivity index (χ2v) is 5.78. The van der Waals surface area contributed by atoms with Gasteiger partial charge in [-0.3, -0.25) is 14.9 Å². The quantitative estimate of drug-likeness (QED) is 0.535. The standard InChI is InChI=1S/C19H22N2O6/c1-13-10-15(21(23)24)5-7-16(13)27-12-19(22)20-9-8-14-4-6-17(25-2)18(11-14)26-3/h4-7,10-11H,8-9,12H2,1-3H3,(H,20,22). The molecule has 2 aromatic rings. The van der Waals surface area contributed by atoms with Crippen LogP contribution in [0.15, 0.2) is 36.4 Å². The summed E-state index contributed by atoms with van der Waals surface area (Å²) in [7, 11) is 3.14. The van der Waals surface area contributed by atoms with Crippen molar-refractivity contribution in [3.05, 3.63) is 57.6 Å². The van der Waals surface area contributed by atoms with Crippen LogP contribution in [0.4, 0.5) is 5.69 Å². The third-order valence-electron chi connectivity index (χ3n) is 3.91. The number of carbonyl (C=O) groups excluding carboxylic acids is 1. The summed E-state index contributed by atoms with van der Waals surface area (Å²) in [5.41, 5.74) is 1.58. The fourth-order valence-corrected chi connectivity index (χ4v) is 2.49. The lowest BCUT2D eigenvalue weighted by molar-refractivity contribution is -0.384. The third-order valence-corrected chi connectivity index (χ3v) is 3.91. The van der Waals surface area contributed by atoms with Gasteiger partial charge in [0.25, 0.3) is 11.6 Å². The van der Waals surface area contributed by atoms with Gasteiger partial charge in [-0.25, -0.2) is 0 Å². The molecule has 0 bridgehead atoms. The van der Waals surface area contributed by atoms with Crippen LogP contribution in [0.1, 0.15) is 11.1 Å². The highest BCUT2D eigenvalue weighted by Gasteiger charge is 2.10. The molecule has 8 nitrogen and oxygen atoms in total. The minimum absolute atomic E-state index is 0.0146. The van der Waals surface area contributed by atoms with E-state index < -0.39 is 4.92 Å². The zero-order valence-corrected chi connectivity index (χ0v) is 15.5. The third kappa shape index (κ3) is 5.60. The number of nitro benzene ring substituents is 1. The number of carbonyl (C=O) groups is 1. The maximum absolute atomic E-state index is 11.9. The summed E-state index contributed by atoms with van der Waals surface area (Å²) in [4.78, 5) is 22.2. The Morgan fingerprint density at radius 1 is 1.07 bits per heavy atom. The SMILES string of the molecule is COc1ccc(CCNC(=O)COc2ccc([N+](=O)[O-])cc2C)cc1OC. The van der Waals surface area contributed by atoms with Crippen molar-refractivity contribution >= 4 is 11.6 Å². The van der Waals surface area contributed by atoms with Crippen LogP contribution in [0.3, 0.4) is 0 Å². The van der Waals surface area contributed by atoms with Crippen molar-refractivity contribution in [2.24, 2.45) is 0 Å². The molecule has 2 rings (SSSR count). The van der Waals surface area contributed by atoms with Gasteiger partial charge < -0.3 is 19.5 Å². The van der Waals surface area contributed by atoms with Gasteiger partial charge in [-0.05, 0) is 42.7 Å². The molecule has 0 radical (unpaired) electrons. The van der Waals surface area contributed by atoms with Crippen LogP contribution in [0, 0.1) is 17.0 Å². The number of ether oxygens (including phenoxy) is 3. The van der Waals surface area contributed by atoms with Crippen molar-refractivity contribution in [2.75, 3.05) is 27.4 Å². The van der Waals surface area contributed by atoms with Crippen LogP contribution in [0.2, 0.25) is 0 Å². The number of methoxy groups -OCH3 is 2. The van der Waals surface area contributed by atoms with Gasteiger partial charge in [0.1, 0.15) is 5.75 Å². The Morgan fingerprint density at radius 2 is 1.78 bits per heavy atom. The predicted molar refractivity (Wildman–Crippen MR) is 99.6 cm³/mol. The van der Waals surface area contributed by atoms with Gasteiger partial charge in [0.15, 0.2) is 18.1 Å². The molecule has 0 aromatic heterocycles. The molecule has 1 N–H and O–H groups in total. The summed E-state index contributed by atoms with van der Waals surface area (Å²) in [6, 6.07) is 9.83. The van der Waals surface area contributed by atoms with E-state index in [-0.39, 0.29) is 18.2 Å². The topological polar surface area (TPSA) is 99.9 Å². The average molecular weight is 374 g/mol. The Bertz CT molecular complexity index is 822. The van der Waals surface area contributed by atoms with Gasteiger partial charge in [0.2, 0.25) is 0 Å². The molecule has 0 saturated heterocycles. The molecular weight excluding hydrogens is 352 g/mol. The summed E-state index contributed by atoms with van der Waals surface area (Å²) < 4.78 is 15.9. The lowest BCUT2D eigenvalue weighted by atomic mass is 10.1. The highest BCUT2D eigenvalue weighted by atomic mass is 16.6. The lowest BCUT2D eigenvalue weighted by Crippen LogP contribution is -2.30. The van der Waals surface area contributed by atoms with Crippen molar-refractivity contribution in [1.29, 1.82) is 0 Å². The van der Waals surface area contributed by atoms with Gasteiger partial charge in [0.05, 0.1) is 19.1 Å². The molecule has 0 saturated carbocycles. The molecule has 0 fully saturated rings. The number of nitro groups is 1. The number of hydrogen-bond donors (Lipinski definition) is 1. The van der Waals surface area contributed by atoms with Crippen LogP contribution >= 0.6 is 0 Å². The summed E-state index contributed by atoms with van der Waals surface area (Å²) in [6.45, 7) is 1.97. The second-order valence-electron chi connectivity index (χ2n) is 5.78. The fourth-order valence-electron chi connectivity index (χ4n) is 2.49. The van der Waals surface area contributed by atoms with Gasteiger partial charge in [-0.15, -0.1) is 0 Å². The minimum atomic E-state index is -0.475. The number of benzene rings is 2. The monoisotopic (exact) mass is 374 g/mol. The molecule has 0 aliphatic carbocycles. The Hall–Kier alpha value is -3.29. The van der Waals surface area contributed by atoms with E-state index in [0.29, 0.717) is 35.8 Å². The van der Waals surface area contributed by atoms with Gasteiger partial charge in [-0.2, -0.15) is 0 Å². The van der Waals surface area contributed by atoms with Crippen LogP contribution in [0.5, 0.6) is 17.2 Å². The summed E-state index contributed by atoms with van der Waals surface area (Å²) >= 11 is 0. The number of amides is 1. The molecule has 144 valence electrons. The lowest BCUT2D eigenvalue weighted by Gasteiger charge is -2.11. The van der Waals surface area contributed by atoms with E-state index in [1.165, 1.54) is 18.2 Å². The first-order valence-electron chi connectivity index (χ1n) is 8.30. The smallest absolute Gasteiger partial charge is 0.269 e. The van der Waals surface area contributed by atoms with Crippen molar-refractivity contribution in [1.82, 2.24) is 5.32 Å². The molecule has 0 aliphatic rings. The molecular formula is C19H22N2O6. The highest BCUT2D eigenvalue weighted by molar-refractivity contribution is 5.77. The number of nitrogens with zero attached hydrogens (tertiary/aromatic N) is 1. The fraction of sp³-hybridized carbons (Fsp3) is 0.316. The van der Waals surface area contributed by atoms with Crippen LogP contribution < -0.4 is 19.5 Å². The van der Waals surface area contributed by atoms with Gasteiger partial charge >= 0.3 is 0 Å². The van der Waals surface area contributed by atoms with E-state index in [2.05, 4.69) is 5.32 Å². The van der Waals surface area contributed by atoms with E-state index in [0.717, 1.165) is 5.56 Å². The summed E-state index contributed by atoms with van der Waals surface area (Å²) in [6.07, 6.45) is 0.628. The number of hydrogen-bond acceptors (Lipinski definition) is 6. The Labute approximate surface area is 157 Å². The first-order valence-corrected chi connectivity index (χ1v) is 8.30. The molecule has 0 unspecified atom stereocenters. The van der Waals surface area contributed by atoms with Crippen molar-refractivity contribution in [3.63, 3.8) is 0 Å². The average Bonchev–Trinajstić information content (AvgIpc) is 2.66. The van der Waals surface area contributed by atoms with Crippen molar-refractivity contribution in [3.8, 4) is 17.2 Å². The largest absolute Gasteiger partial charge is 0.493 e. The molecule has 0 spiro atoms. The van der Waals surface area contributed by atoms with E-state index >= 15 is 0 Å². The number of non-ortho nitro benzene ring substituents is 1. The Balaban J connectivity index is 1.81. The van der Waals surface area contributed by atoms with Gasteiger partial charge in [-0.1, -0.05) is 6.07 Å². The van der Waals surface area contributed by atoms with E-state index in [4.69, 9.17) is 14.2 Å². The summed E-state index contributed by atoms with van der Waals surface area (Å²) in [5.74, 6) is 1.46. The summed E-state index contributed by atoms with van der Waals surface area (Å²) in [5, 5.41) is 13.5. The maximum Gasteiger partial charge on any atom is 0.269 e. The van der Waals surface area contributed by atoms with Crippen LogP contribution in [0.25, 0.3) is 0 Å². The number of aryl methyl sites for hydroxylation is 1. The molecule has 0 heterocycles. The normalized spacial score (nSPS) is 10.2. The van der Waals surface area contributed by atoms with E-state index in [1.54, 1.807) is 21.1 Å². The Morgan fingerprint density at radius 3 is 2.41 bits per heavy atom. The van der Waals surface area contributed by atoms with Gasteiger partial charge in [0, 0.05) is 18.7 Å². The maximum atomic E-state index is 11.9. The van der Waals surface area contributed by atoms with Crippen LogP contribution in [-0.4, -0.2) is 38.2 Å². The van der Waals surface area contributed by atoms with Crippen LogP contribution in [-0.2, 0) is 11.2 Å². The molecule has 2 aromatic carbocycles. The van der Waals surface area contributed by atoms with Crippen molar-refractivity contribution in [2.45, 2.75) is 13.3 Å². The zero-order chi connectivity index (χ0) is 19.8. The first kappa shape index (κ1) is 20.0. The molecule has 27 heavy (non-hydrogen) atoms. The van der Waals surface area contributed by atoms with E-state index in [1.807, 2.05) is 18.2 Å².